The van der Waals surface area contributed by atoms with Gasteiger partial charge in [0.15, 0.2) is 5.78 Å². The van der Waals surface area contributed by atoms with Crippen LogP contribution in [0.2, 0.25) is 0 Å². The third kappa shape index (κ3) is 6.47. The molecule has 0 aliphatic heterocycles. The molecular formula is C20H35N3O3. The second kappa shape index (κ2) is 10.8. The summed E-state index contributed by atoms with van der Waals surface area (Å²) in [6.07, 6.45) is 6.51. The molecule has 1 atom stereocenters. The van der Waals surface area contributed by atoms with Crippen molar-refractivity contribution in [3.63, 3.8) is 0 Å². The van der Waals surface area contributed by atoms with Crippen LogP contribution in [-0.4, -0.2) is 40.6 Å². The Balaban J connectivity index is 1.84. The number of fused-ring (bicyclic) bond motifs is 1. The molecule has 1 aromatic rings. The molecule has 6 nitrogen and oxygen atoms in total. The van der Waals surface area contributed by atoms with E-state index < -0.39 is 0 Å². The highest BCUT2D eigenvalue weighted by Crippen LogP contribution is 2.30. The first-order valence-electron chi connectivity index (χ1n) is 10.1. The number of carbonyl (C=O) groups excluding carboxylic acids is 1. The van der Waals surface area contributed by atoms with Crippen LogP contribution in [-0.2, 0) is 20.7 Å². The van der Waals surface area contributed by atoms with E-state index in [-0.39, 0.29) is 18.5 Å². The molecule has 0 spiro atoms. The first kappa shape index (κ1) is 21.0. The number of ketones is 1. The van der Waals surface area contributed by atoms with Crippen LogP contribution >= 0.6 is 0 Å². The van der Waals surface area contributed by atoms with Gasteiger partial charge in [-0.05, 0) is 45.4 Å². The second-order valence-electron chi connectivity index (χ2n) is 7.97. The molecule has 0 N–H and O–H groups in total. The lowest BCUT2D eigenvalue weighted by atomic mass is 9.98. The van der Waals surface area contributed by atoms with Gasteiger partial charge >= 0.3 is 0 Å². The summed E-state index contributed by atoms with van der Waals surface area (Å²) in [7, 11) is 0. The number of nitrogens with zero attached hydrogens (tertiary/aromatic N) is 3. The van der Waals surface area contributed by atoms with Crippen LogP contribution in [0.1, 0.15) is 89.8 Å². The largest absolute Gasteiger partial charge is 0.381 e. The van der Waals surface area contributed by atoms with Gasteiger partial charge in [0, 0.05) is 25.7 Å². The highest BCUT2D eigenvalue weighted by atomic mass is 16.5. The van der Waals surface area contributed by atoms with Crippen LogP contribution in [0.25, 0.3) is 0 Å². The molecule has 0 amide bonds. The van der Waals surface area contributed by atoms with E-state index in [0.29, 0.717) is 25.0 Å². The summed E-state index contributed by atoms with van der Waals surface area (Å²) in [5.41, 5.74) is 2.12. The fourth-order valence-corrected chi connectivity index (χ4v) is 3.29. The van der Waals surface area contributed by atoms with Crippen molar-refractivity contribution in [3.8, 4) is 0 Å². The van der Waals surface area contributed by atoms with Crippen molar-refractivity contribution < 1.29 is 14.3 Å². The van der Waals surface area contributed by atoms with Gasteiger partial charge in [0.2, 0.25) is 0 Å². The normalized spacial score (nSPS) is 18.0. The molecule has 1 aliphatic rings. The Morgan fingerprint density at radius 2 is 2.04 bits per heavy atom. The van der Waals surface area contributed by atoms with Crippen molar-refractivity contribution in [2.45, 2.75) is 84.8 Å². The minimum Gasteiger partial charge on any atom is -0.381 e. The number of carbonyl (C=O) groups is 1. The minimum absolute atomic E-state index is 0.112. The zero-order valence-electron chi connectivity index (χ0n) is 16.9. The Bertz CT molecular complexity index is 554. The maximum absolute atomic E-state index is 12.1. The molecular weight excluding hydrogens is 330 g/mol. The van der Waals surface area contributed by atoms with Crippen molar-refractivity contribution in [2.24, 2.45) is 5.92 Å². The number of hydrogen-bond donors (Lipinski definition) is 0. The summed E-state index contributed by atoms with van der Waals surface area (Å²) in [4.78, 5) is 12.1. The Labute approximate surface area is 157 Å². The van der Waals surface area contributed by atoms with Gasteiger partial charge in [0.1, 0.15) is 18.4 Å². The van der Waals surface area contributed by atoms with Gasteiger partial charge in [-0.3, -0.25) is 4.79 Å². The van der Waals surface area contributed by atoms with Crippen LogP contribution in [0.4, 0.5) is 0 Å². The molecule has 6 heteroatoms. The van der Waals surface area contributed by atoms with Crippen molar-refractivity contribution >= 4 is 5.78 Å². The molecule has 148 valence electrons. The molecule has 1 heterocycles. The van der Waals surface area contributed by atoms with E-state index in [9.17, 15) is 4.79 Å². The van der Waals surface area contributed by atoms with Crippen LogP contribution in [0.15, 0.2) is 0 Å². The van der Waals surface area contributed by atoms with Gasteiger partial charge in [0.05, 0.1) is 5.69 Å². The molecule has 0 saturated heterocycles. The Morgan fingerprint density at radius 3 is 2.77 bits per heavy atom. The Hall–Kier alpha value is -1.27. The van der Waals surface area contributed by atoms with Gasteiger partial charge in [-0.2, -0.15) is 0 Å². The standard InChI is InChI=1S/C20H35N3O3/c1-15(2)13-25-12-8-9-17(24)14-26-19-11-7-5-6-10-18-20(19)21-22-23(18)16(3)4/h15-16,19H,5-14H2,1-4H3. The number of Topliss-reactive ketones (excluding diaryl/α,β-unsaturated/α-hetero) is 1. The Kier molecular flexibility index (Phi) is 8.72. The summed E-state index contributed by atoms with van der Waals surface area (Å²) in [6, 6.07) is 0.291. The lowest BCUT2D eigenvalue weighted by Crippen LogP contribution is -2.17. The molecule has 0 bridgehead atoms. The van der Waals surface area contributed by atoms with Gasteiger partial charge < -0.3 is 9.47 Å². The maximum atomic E-state index is 12.1. The lowest BCUT2D eigenvalue weighted by Gasteiger charge is -2.20. The van der Waals surface area contributed by atoms with Crippen LogP contribution in [0.3, 0.4) is 0 Å². The van der Waals surface area contributed by atoms with E-state index in [1.807, 2.05) is 4.68 Å². The van der Waals surface area contributed by atoms with Crippen molar-refractivity contribution in [1.82, 2.24) is 15.0 Å². The second-order valence-corrected chi connectivity index (χ2v) is 7.97. The molecule has 26 heavy (non-hydrogen) atoms. The van der Waals surface area contributed by atoms with E-state index in [1.54, 1.807) is 0 Å². The fourth-order valence-electron chi connectivity index (χ4n) is 3.29. The summed E-state index contributed by atoms with van der Waals surface area (Å²) < 4.78 is 13.5. The third-order valence-corrected chi connectivity index (χ3v) is 4.64. The summed E-state index contributed by atoms with van der Waals surface area (Å²) in [5.74, 6) is 0.666. The van der Waals surface area contributed by atoms with E-state index in [1.165, 1.54) is 12.1 Å². The monoisotopic (exact) mass is 365 g/mol. The topological polar surface area (TPSA) is 66.2 Å². The molecule has 1 aromatic heterocycles. The minimum atomic E-state index is -0.112. The van der Waals surface area contributed by atoms with E-state index in [4.69, 9.17) is 9.47 Å². The first-order chi connectivity index (χ1) is 12.5. The van der Waals surface area contributed by atoms with Gasteiger partial charge in [-0.15, -0.1) is 5.10 Å². The fraction of sp³-hybridized carbons (Fsp3) is 0.850. The average molecular weight is 366 g/mol. The van der Waals surface area contributed by atoms with Gasteiger partial charge in [-0.25, -0.2) is 4.68 Å². The summed E-state index contributed by atoms with van der Waals surface area (Å²) in [5, 5.41) is 8.73. The van der Waals surface area contributed by atoms with Gasteiger partial charge in [0.25, 0.3) is 0 Å². The van der Waals surface area contributed by atoms with Crippen molar-refractivity contribution in [2.75, 3.05) is 19.8 Å². The first-order valence-corrected chi connectivity index (χ1v) is 10.1. The summed E-state index contributed by atoms with van der Waals surface area (Å²) in [6.45, 7) is 10.0. The Morgan fingerprint density at radius 1 is 1.23 bits per heavy atom. The van der Waals surface area contributed by atoms with Crippen LogP contribution < -0.4 is 0 Å². The zero-order valence-corrected chi connectivity index (χ0v) is 16.9. The molecule has 0 saturated carbocycles. The molecule has 0 radical (unpaired) electrons. The maximum Gasteiger partial charge on any atom is 0.158 e. The van der Waals surface area contributed by atoms with Gasteiger partial charge in [-0.1, -0.05) is 31.9 Å². The number of ether oxygens (including phenoxy) is 2. The molecule has 0 aromatic carbocycles. The molecule has 2 rings (SSSR count). The predicted octanol–water partition coefficient (Wildman–Crippen LogP) is 4.06. The highest BCUT2D eigenvalue weighted by Gasteiger charge is 2.25. The highest BCUT2D eigenvalue weighted by molar-refractivity contribution is 5.79. The van der Waals surface area contributed by atoms with E-state index in [2.05, 4.69) is 38.0 Å². The lowest BCUT2D eigenvalue weighted by molar-refractivity contribution is -0.126. The number of hydrogen-bond acceptors (Lipinski definition) is 5. The quantitative estimate of drug-likeness (QED) is 0.585. The molecule has 1 aliphatic carbocycles. The average Bonchev–Trinajstić information content (AvgIpc) is 2.97. The molecule has 1 unspecified atom stereocenters. The third-order valence-electron chi connectivity index (χ3n) is 4.64. The SMILES string of the molecule is CC(C)COCCCC(=O)COC1CCCCCc2c1nnn2C(C)C. The number of rotatable bonds is 10. The van der Waals surface area contributed by atoms with E-state index in [0.717, 1.165) is 44.4 Å². The van der Waals surface area contributed by atoms with Crippen molar-refractivity contribution in [1.29, 1.82) is 0 Å². The summed E-state index contributed by atoms with van der Waals surface area (Å²) >= 11 is 0. The predicted molar refractivity (Wildman–Crippen MR) is 101 cm³/mol. The van der Waals surface area contributed by atoms with E-state index >= 15 is 0 Å². The smallest absolute Gasteiger partial charge is 0.158 e. The van der Waals surface area contributed by atoms with Crippen molar-refractivity contribution in [3.05, 3.63) is 11.4 Å². The zero-order chi connectivity index (χ0) is 18.9. The van der Waals surface area contributed by atoms with Crippen LogP contribution in [0, 0.1) is 5.92 Å². The van der Waals surface area contributed by atoms with Crippen LogP contribution in [0.5, 0.6) is 0 Å². The molecule has 0 fully saturated rings. The number of aromatic nitrogens is 3.